The molecule has 0 heterocycles. The van der Waals surface area contributed by atoms with E-state index in [4.69, 9.17) is 92.7 Å². The third-order valence-electron chi connectivity index (χ3n) is 6.81. The Morgan fingerprint density at radius 3 is 1.00 bits per heavy atom. The van der Waals surface area contributed by atoms with Crippen LogP contribution in [0, 0.1) is 22.1 Å². The van der Waals surface area contributed by atoms with E-state index in [0.717, 1.165) is 5.56 Å². The van der Waals surface area contributed by atoms with Crippen LogP contribution in [0.3, 0.4) is 0 Å². The highest BCUT2D eigenvalue weighted by Crippen LogP contribution is 2.02. The second-order valence-corrected chi connectivity index (χ2v) is 13.1. The summed E-state index contributed by atoms with van der Waals surface area (Å²) in [5.41, 5.74) is 46.7. The molecular formula is C35H71N15O12. The van der Waals surface area contributed by atoms with Crippen molar-refractivity contribution in [2.75, 3.05) is 26.2 Å². The molecule has 62 heavy (non-hydrogen) atoms. The summed E-state index contributed by atoms with van der Waals surface area (Å²) in [5.74, 6) is -5.83. The summed E-state index contributed by atoms with van der Waals surface area (Å²) < 4.78 is 0. The SMILES string of the molecule is CC(C)CC(N)C(=O)O.N=C(N)NCCCC(N)C(=O)O.N=C(N)NCCCC(N)C(=O)O.N=C(N)NCCCC(N)C(=O)O.NC(Cc1ccccc1)C(=O)O.NCC(=O)O. The predicted octanol–water partition coefficient (Wildman–Crippen LogP) is -3.90. The molecular weight excluding hydrogens is 822 g/mol. The fourth-order valence-corrected chi connectivity index (χ4v) is 3.57. The van der Waals surface area contributed by atoms with E-state index in [1.165, 1.54) is 0 Å². The van der Waals surface area contributed by atoms with Gasteiger partial charge in [-0.05, 0) is 62.8 Å². The number of hydrogen-bond donors (Lipinski definition) is 21. The fraction of sp³-hybridized carbons (Fsp3) is 0.571. The minimum atomic E-state index is -1.00. The molecule has 27 heteroatoms. The lowest BCUT2D eigenvalue weighted by molar-refractivity contribution is -0.139. The fourth-order valence-electron chi connectivity index (χ4n) is 3.57. The van der Waals surface area contributed by atoms with E-state index in [0.29, 0.717) is 76.9 Å². The number of hydrogen-bond acceptors (Lipinski definition) is 15. The highest BCUT2D eigenvalue weighted by atomic mass is 16.4. The van der Waals surface area contributed by atoms with Gasteiger partial charge in [-0.1, -0.05) is 44.2 Å². The molecule has 0 amide bonds. The summed E-state index contributed by atoms with van der Waals surface area (Å²) in [6.07, 6.45) is 3.86. The van der Waals surface area contributed by atoms with E-state index >= 15 is 0 Å². The van der Waals surface area contributed by atoms with Crippen LogP contribution in [0.15, 0.2) is 30.3 Å². The molecule has 0 spiro atoms. The van der Waals surface area contributed by atoms with Crippen LogP contribution in [-0.4, -0.2) is 141 Å². The summed E-state index contributed by atoms with van der Waals surface area (Å²) in [5, 5.41) is 77.6. The lowest BCUT2D eigenvalue weighted by atomic mass is 10.1. The van der Waals surface area contributed by atoms with E-state index in [9.17, 15) is 28.8 Å². The quantitative estimate of drug-likeness (QED) is 0.0300. The third kappa shape index (κ3) is 53.6. The van der Waals surface area contributed by atoms with Gasteiger partial charge in [-0.3, -0.25) is 45.0 Å². The van der Waals surface area contributed by atoms with Crippen LogP contribution in [0.1, 0.15) is 64.4 Å². The third-order valence-corrected chi connectivity index (χ3v) is 6.81. The highest BCUT2D eigenvalue weighted by Gasteiger charge is 2.13. The van der Waals surface area contributed by atoms with Crippen molar-refractivity contribution in [2.24, 2.45) is 57.5 Å². The molecule has 0 aromatic heterocycles. The second kappa shape index (κ2) is 41.3. The molecule has 5 unspecified atom stereocenters. The van der Waals surface area contributed by atoms with Crippen molar-refractivity contribution in [2.45, 2.75) is 95.4 Å². The Labute approximate surface area is 360 Å². The molecule has 1 aromatic rings. The summed E-state index contributed by atoms with van der Waals surface area (Å²) in [6, 6.07) is 5.39. The first-order valence-corrected chi connectivity index (χ1v) is 18.7. The molecule has 0 radical (unpaired) electrons. The summed E-state index contributed by atoms with van der Waals surface area (Å²) in [7, 11) is 0. The van der Waals surface area contributed by atoms with Crippen LogP contribution >= 0.6 is 0 Å². The molecule has 0 aliphatic rings. The van der Waals surface area contributed by atoms with Crippen molar-refractivity contribution in [1.29, 1.82) is 16.2 Å². The van der Waals surface area contributed by atoms with Gasteiger partial charge in [0.1, 0.15) is 30.2 Å². The first kappa shape index (κ1) is 64.7. The number of aliphatic carboxylic acids is 6. The van der Waals surface area contributed by atoms with Crippen molar-refractivity contribution in [3.05, 3.63) is 35.9 Å². The van der Waals surface area contributed by atoms with E-state index in [2.05, 4.69) is 21.7 Å². The van der Waals surface area contributed by atoms with Gasteiger partial charge in [-0.15, -0.1) is 0 Å². The Balaban J connectivity index is -0.000000213. The normalized spacial score (nSPS) is 12.0. The predicted molar refractivity (Wildman–Crippen MR) is 232 cm³/mol. The van der Waals surface area contributed by atoms with E-state index in [1.807, 2.05) is 44.2 Å². The molecule has 0 bridgehead atoms. The minimum Gasteiger partial charge on any atom is -0.480 e. The van der Waals surface area contributed by atoms with Gasteiger partial charge in [0.2, 0.25) is 0 Å². The molecule has 0 aliphatic heterocycles. The average Bonchev–Trinajstić information content (AvgIpc) is 3.17. The van der Waals surface area contributed by atoms with Gasteiger partial charge in [0, 0.05) is 19.6 Å². The van der Waals surface area contributed by atoms with Crippen LogP contribution in [0.25, 0.3) is 0 Å². The van der Waals surface area contributed by atoms with Gasteiger partial charge < -0.3 is 98.2 Å². The van der Waals surface area contributed by atoms with Gasteiger partial charge in [-0.25, -0.2) is 0 Å². The maximum Gasteiger partial charge on any atom is 0.320 e. The summed E-state index contributed by atoms with van der Waals surface area (Å²) in [4.78, 5) is 60.4. The average molecular weight is 894 g/mol. The number of nitrogens with two attached hydrogens (primary N) is 9. The topological polar surface area (TPSA) is 566 Å². The monoisotopic (exact) mass is 894 g/mol. The zero-order valence-corrected chi connectivity index (χ0v) is 35.2. The van der Waals surface area contributed by atoms with Crippen molar-refractivity contribution in [1.82, 2.24) is 16.0 Å². The van der Waals surface area contributed by atoms with Crippen LogP contribution < -0.4 is 67.6 Å². The Bertz CT molecular complexity index is 1350. The summed E-state index contributed by atoms with van der Waals surface area (Å²) in [6.45, 7) is 5.06. The first-order valence-electron chi connectivity index (χ1n) is 18.7. The molecule has 0 saturated carbocycles. The zero-order chi connectivity index (χ0) is 49.4. The lowest BCUT2D eigenvalue weighted by Gasteiger charge is -2.07. The van der Waals surface area contributed by atoms with Gasteiger partial charge in [0.05, 0.1) is 6.54 Å². The number of carboxylic acid groups (broad SMARTS) is 6. The molecule has 5 atom stereocenters. The van der Waals surface area contributed by atoms with Gasteiger partial charge in [-0.2, -0.15) is 0 Å². The molecule has 358 valence electrons. The van der Waals surface area contributed by atoms with Crippen LogP contribution in [-0.2, 0) is 35.2 Å². The second-order valence-electron chi connectivity index (χ2n) is 13.1. The Morgan fingerprint density at radius 2 is 0.806 bits per heavy atom. The number of nitrogens with one attached hydrogen (secondary N) is 6. The molecule has 27 nitrogen and oxygen atoms in total. The van der Waals surface area contributed by atoms with Gasteiger partial charge >= 0.3 is 35.8 Å². The number of carbonyl (C=O) groups is 6. The number of guanidine groups is 3. The number of benzene rings is 1. The number of carboxylic acids is 6. The maximum absolute atomic E-state index is 10.4. The van der Waals surface area contributed by atoms with E-state index < -0.39 is 66.0 Å². The largest absolute Gasteiger partial charge is 0.480 e. The zero-order valence-electron chi connectivity index (χ0n) is 35.2. The van der Waals surface area contributed by atoms with Crippen molar-refractivity contribution in [3.8, 4) is 0 Å². The van der Waals surface area contributed by atoms with E-state index in [-0.39, 0.29) is 24.4 Å². The Morgan fingerprint density at radius 1 is 0.532 bits per heavy atom. The molecule has 0 saturated heterocycles. The van der Waals surface area contributed by atoms with E-state index in [1.54, 1.807) is 0 Å². The van der Waals surface area contributed by atoms with Crippen molar-refractivity contribution in [3.63, 3.8) is 0 Å². The Kier molecular flexibility index (Phi) is 43.2. The standard InChI is InChI=1S/C9H11NO2.3C6H14N4O2.C6H13NO2.C2H5NO2/c10-8(9(11)12)6-7-4-2-1-3-5-7;3*7-4(5(11)12)2-1-3-10-6(8)9;1-4(2)3-5(7)6(8)9;3-1-2(4)5/h1-5,8H,6,10H2,(H,11,12);3*4H,1-3,7H2,(H,11,12)(H4,8,9,10);4-5H,3,7H2,1-2H3,(H,8,9);1,3H2,(H,4,5). The molecule has 1 aromatic carbocycles. The molecule has 0 aliphatic carbocycles. The lowest BCUT2D eigenvalue weighted by Crippen LogP contribution is -2.34. The maximum atomic E-state index is 10.4. The molecule has 30 N–H and O–H groups in total. The van der Waals surface area contributed by atoms with Gasteiger partial charge in [0.25, 0.3) is 0 Å². The molecule has 0 fully saturated rings. The highest BCUT2D eigenvalue weighted by molar-refractivity contribution is 5.76. The van der Waals surface area contributed by atoms with Crippen LogP contribution in [0.2, 0.25) is 0 Å². The summed E-state index contributed by atoms with van der Waals surface area (Å²) >= 11 is 0. The first-order chi connectivity index (χ1) is 28.6. The van der Waals surface area contributed by atoms with Crippen molar-refractivity contribution < 1.29 is 59.4 Å². The smallest absolute Gasteiger partial charge is 0.320 e. The van der Waals surface area contributed by atoms with Crippen LogP contribution in [0.4, 0.5) is 0 Å². The molecule has 1 rings (SSSR count). The minimum absolute atomic E-state index is 0.112. The van der Waals surface area contributed by atoms with Crippen LogP contribution in [0.5, 0.6) is 0 Å². The Hall–Kier alpha value is -6.39. The number of rotatable bonds is 22. The van der Waals surface area contributed by atoms with Gasteiger partial charge in [0.15, 0.2) is 17.9 Å². The van der Waals surface area contributed by atoms with Crippen molar-refractivity contribution >= 4 is 53.7 Å².